The third-order valence-corrected chi connectivity index (χ3v) is 2.43. The van der Waals surface area contributed by atoms with Crippen molar-refractivity contribution in [3.8, 4) is 0 Å². The van der Waals surface area contributed by atoms with Gasteiger partial charge in [0, 0.05) is 27.1 Å². The van der Waals surface area contributed by atoms with Crippen LogP contribution in [0, 0.1) is 5.92 Å². The molecule has 0 radical (unpaired) electrons. The number of ether oxygens (including phenoxy) is 1. The number of nitrogens with zero attached hydrogens (tertiary/aromatic N) is 1. The van der Waals surface area contributed by atoms with Crippen LogP contribution in [0.3, 0.4) is 0 Å². The van der Waals surface area contributed by atoms with E-state index >= 15 is 0 Å². The predicted octanol–water partition coefficient (Wildman–Crippen LogP) is 0.548. The highest BCUT2D eigenvalue weighted by molar-refractivity contribution is 4.72. The summed E-state index contributed by atoms with van der Waals surface area (Å²) in [5, 5.41) is 0. The fraction of sp³-hybridized carbons (Fsp3) is 1.00. The zero-order valence-electron chi connectivity index (χ0n) is 8.12. The van der Waals surface area contributed by atoms with E-state index in [1.54, 1.807) is 0 Å². The van der Waals surface area contributed by atoms with Crippen molar-refractivity contribution in [2.75, 3.05) is 32.8 Å². The molecule has 12 heavy (non-hydrogen) atoms. The maximum absolute atomic E-state index is 5.96. The van der Waals surface area contributed by atoms with E-state index in [1.165, 1.54) is 0 Å². The van der Waals surface area contributed by atoms with Crippen LogP contribution in [-0.2, 0) is 4.74 Å². The molecule has 1 aliphatic rings. The lowest BCUT2D eigenvalue weighted by Crippen LogP contribution is -2.45. The van der Waals surface area contributed by atoms with Crippen molar-refractivity contribution in [1.82, 2.24) is 4.90 Å². The maximum Gasteiger partial charge on any atom is 0.0594 e. The second-order valence-electron chi connectivity index (χ2n) is 3.82. The molecule has 74 valence electrons. The van der Waals surface area contributed by atoms with Gasteiger partial charge in [0.2, 0.25) is 0 Å². The minimum absolute atomic E-state index is 0. The Morgan fingerprint density at radius 1 is 1.42 bits per heavy atom. The van der Waals surface area contributed by atoms with Crippen molar-refractivity contribution < 1.29 is 6.16 Å². The van der Waals surface area contributed by atoms with E-state index in [0.717, 1.165) is 32.8 Å². The highest BCUT2D eigenvalue weighted by Crippen LogP contribution is 2.03. The molecule has 0 amide bonds. The molecule has 0 unspecified atom stereocenters. The van der Waals surface area contributed by atoms with Crippen molar-refractivity contribution in [1.29, 1.82) is 0 Å². The van der Waals surface area contributed by atoms with Gasteiger partial charge in [-0.1, -0.05) is 13.8 Å². The van der Waals surface area contributed by atoms with E-state index in [0.29, 0.717) is 12.0 Å². The Hall–Kier alpha value is -0.120. The molecular weight excluding hydrogens is 152 g/mol. The third-order valence-electron chi connectivity index (χ3n) is 2.43. The van der Waals surface area contributed by atoms with Crippen molar-refractivity contribution in [2.45, 2.75) is 19.9 Å². The van der Waals surface area contributed by atoms with Crippen LogP contribution in [0.5, 0.6) is 0 Å². The van der Waals surface area contributed by atoms with Gasteiger partial charge in [0.15, 0.2) is 0 Å². The zero-order valence-corrected chi connectivity index (χ0v) is 8.12. The number of rotatable bonds is 3. The summed E-state index contributed by atoms with van der Waals surface area (Å²) in [6.45, 7) is 9.17. The average Bonchev–Trinajstić information content (AvgIpc) is 2.06. The van der Waals surface area contributed by atoms with E-state index in [1.807, 2.05) is 0 Å². The number of hydrogen-bond donors (Lipinski definition) is 1. The van der Waals surface area contributed by atoms with Crippen LogP contribution >= 0.6 is 0 Å². The average molecular weight is 174 g/mol. The monoisotopic (exact) mass is 174 g/mol. The second-order valence-corrected chi connectivity index (χ2v) is 3.82. The topological polar surface area (TPSA) is 38.5 Å². The van der Waals surface area contributed by atoms with Gasteiger partial charge in [0.1, 0.15) is 0 Å². The minimum atomic E-state index is 0. The molecule has 0 aromatic carbocycles. The summed E-state index contributed by atoms with van der Waals surface area (Å²) in [5.41, 5.74) is 5.96. The van der Waals surface area contributed by atoms with Crippen LogP contribution < -0.4 is 5.73 Å². The highest BCUT2D eigenvalue weighted by atomic mass is 16.5. The zero-order chi connectivity index (χ0) is 8.97. The van der Waals surface area contributed by atoms with Crippen LogP contribution in [0.25, 0.3) is 0 Å². The van der Waals surface area contributed by atoms with Gasteiger partial charge in [-0.25, -0.2) is 0 Å². The van der Waals surface area contributed by atoms with E-state index in [4.69, 9.17) is 10.5 Å². The van der Waals surface area contributed by atoms with E-state index < -0.39 is 0 Å². The Bertz CT molecular complexity index is 127. The SMILES string of the molecule is CC(C)[C@@H](N)CN1CCOCC1.[HH]. The Labute approximate surface area is 76.4 Å². The lowest BCUT2D eigenvalue weighted by atomic mass is 10.1. The molecule has 0 spiro atoms. The number of morpholine rings is 1. The highest BCUT2D eigenvalue weighted by Gasteiger charge is 2.15. The van der Waals surface area contributed by atoms with E-state index in [2.05, 4.69) is 18.7 Å². The van der Waals surface area contributed by atoms with Gasteiger partial charge in [0.25, 0.3) is 0 Å². The molecule has 2 N–H and O–H groups in total. The summed E-state index contributed by atoms with van der Waals surface area (Å²) in [4.78, 5) is 2.38. The van der Waals surface area contributed by atoms with Crippen molar-refractivity contribution in [2.24, 2.45) is 11.7 Å². The molecule has 1 atom stereocenters. The van der Waals surface area contributed by atoms with Crippen LogP contribution in [0.15, 0.2) is 0 Å². The summed E-state index contributed by atoms with van der Waals surface area (Å²) < 4.78 is 5.26. The van der Waals surface area contributed by atoms with Crippen molar-refractivity contribution >= 4 is 0 Å². The van der Waals surface area contributed by atoms with Crippen molar-refractivity contribution in [3.63, 3.8) is 0 Å². The van der Waals surface area contributed by atoms with Crippen LogP contribution in [0.1, 0.15) is 15.3 Å². The number of hydrogen-bond acceptors (Lipinski definition) is 3. The Kier molecular flexibility index (Phi) is 3.98. The summed E-state index contributed by atoms with van der Waals surface area (Å²) in [6.07, 6.45) is 0. The molecular formula is C9H22N2O. The molecule has 0 aromatic rings. The van der Waals surface area contributed by atoms with Crippen LogP contribution in [0.4, 0.5) is 0 Å². The molecule has 0 bridgehead atoms. The molecule has 0 saturated carbocycles. The summed E-state index contributed by atoms with van der Waals surface area (Å²) >= 11 is 0. The van der Waals surface area contributed by atoms with Crippen LogP contribution in [-0.4, -0.2) is 43.8 Å². The Balaban J connectivity index is 0.00000144. The predicted molar refractivity (Wildman–Crippen MR) is 52.2 cm³/mol. The standard InChI is InChI=1S/C9H20N2O.H2/c1-8(2)9(10)7-11-3-5-12-6-4-11;/h8-9H,3-7,10H2,1-2H3;1H/t9-;/m0./s1. The molecule has 3 heteroatoms. The molecule has 3 nitrogen and oxygen atoms in total. The first-order valence-corrected chi connectivity index (χ1v) is 4.76. The quantitative estimate of drug-likeness (QED) is 0.679. The molecule has 1 saturated heterocycles. The molecule has 1 rings (SSSR count). The Morgan fingerprint density at radius 3 is 2.50 bits per heavy atom. The maximum atomic E-state index is 5.96. The van der Waals surface area contributed by atoms with Gasteiger partial charge in [-0.2, -0.15) is 0 Å². The van der Waals surface area contributed by atoms with Gasteiger partial charge in [0.05, 0.1) is 13.2 Å². The van der Waals surface area contributed by atoms with E-state index in [-0.39, 0.29) is 1.43 Å². The molecule has 1 aliphatic heterocycles. The first kappa shape index (κ1) is 9.96. The van der Waals surface area contributed by atoms with Gasteiger partial charge >= 0.3 is 0 Å². The third kappa shape index (κ3) is 3.09. The summed E-state index contributed by atoms with van der Waals surface area (Å²) in [6, 6.07) is 0.308. The smallest absolute Gasteiger partial charge is 0.0594 e. The fourth-order valence-electron chi connectivity index (χ4n) is 1.29. The summed E-state index contributed by atoms with van der Waals surface area (Å²) in [7, 11) is 0. The normalized spacial score (nSPS) is 23.0. The van der Waals surface area contributed by atoms with E-state index in [9.17, 15) is 0 Å². The van der Waals surface area contributed by atoms with Gasteiger partial charge in [-0.15, -0.1) is 0 Å². The molecule has 1 heterocycles. The number of nitrogens with two attached hydrogens (primary N) is 1. The van der Waals surface area contributed by atoms with Gasteiger partial charge in [-0.3, -0.25) is 4.90 Å². The summed E-state index contributed by atoms with van der Waals surface area (Å²) in [5.74, 6) is 0.577. The van der Waals surface area contributed by atoms with Crippen molar-refractivity contribution in [3.05, 3.63) is 0 Å². The lowest BCUT2D eigenvalue weighted by Gasteiger charge is -2.30. The Morgan fingerprint density at radius 2 is 2.00 bits per heavy atom. The second kappa shape index (κ2) is 4.80. The molecule has 0 aromatic heterocycles. The first-order valence-electron chi connectivity index (χ1n) is 4.76. The fourth-order valence-corrected chi connectivity index (χ4v) is 1.29. The molecule has 1 fully saturated rings. The van der Waals surface area contributed by atoms with Gasteiger partial charge < -0.3 is 10.5 Å². The van der Waals surface area contributed by atoms with Crippen LogP contribution in [0.2, 0.25) is 0 Å². The van der Waals surface area contributed by atoms with Gasteiger partial charge in [-0.05, 0) is 5.92 Å². The molecule has 0 aliphatic carbocycles. The minimum Gasteiger partial charge on any atom is -0.379 e. The lowest BCUT2D eigenvalue weighted by molar-refractivity contribution is 0.0333. The first-order chi connectivity index (χ1) is 5.70. The largest absolute Gasteiger partial charge is 0.379 e.